The highest BCUT2D eigenvalue weighted by molar-refractivity contribution is 6.16. The molecule has 1 aliphatic heterocycles. The largest absolute Gasteiger partial charge is 0.480 e. The monoisotopic (exact) mass is 483 g/mol. The Kier molecular flexibility index (Phi) is 5.72. The number of nitrogens with zero attached hydrogens (tertiary/aromatic N) is 2. The molecule has 1 saturated heterocycles. The second kappa shape index (κ2) is 8.88. The van der Waals surface area contributed by atoms with Gasteiger partial charge in [0, 0.05) is 31.4 Å². The number of para-hydroxylation sites is 1. The Labute approximate surface area is 206 Å². The lowest BCUT2D eigenvalue weighted by Crippen LogP contribution is -2.45. The lowest BCUT2D eigenvalue weighted by atomic mass is 9.93. The zero-order chi connectivity index (χ0) is 25.6. The van der Waals surface area contributed by atoms with E-state index in [1.165, 1.54) is 0 Å². The van der Waals surface area contributed by atoms with Crippen molar-refractivity contribution in [3.8, 4) is 11.1 Å². The molecule has 1 unspecified atom stereocenters. The minimum absolute atomic E-state index is 0.0113. The number of benzene rings is 3. The van der Waals surface area contributed by atoms with Crippen LogP contribution in [-0.4, -0.2) is 44.9 Å². The first-order valence-electron chi connectivity index (χ1n) is 11.5. The van der Waals surface area contributed by atoms with Gasteiger partial charge in [-0.25, -0.2) is 9.59 Å². The van der Waals surface area contributed by atoms with Crippen LogP contribution in [0.15, 0.2) is 66.7 Å². The lowest BCUT2D eigenvalue weighted by molar-refractivity contribution is -0.617. The number of hydrogen-bond donors (Lipinski definition) is 2. The van der Waals surface area contributed by atoms with E-state index in [9.17, 15) is 29.4 Å². The van der Waals surface area contributed by atoms with Crippen LogP contribution >= 0.6 is 0 Å². The molecule has 2 N–H and O–H groups in total. The van der Waals surface area contributed by atoms with Gasteiger partial charge in [0.05, 0.1) is 16.3 Å². The molecule has 8 nitrogen and oxygen atoms in total. The standard InChI is InChI=1S/C28H22N2O6/c1-29-20-7-3-2-5-19(20)26(28(35)36)25-18(6-4-8-21(25)29)17-11-9-16(10-12-17)15-22(27(33)34)30-23(31)13-14-24(30)32/h2-12,22H,13-15H2,1H3,(H-,33,34,35,36)/p+1. The summed E-state index contributed by atoms with van der Waals surface area (Å²) >= 11 is 0. The van der Waals surface area contributed by atoms with Gasteiger partial charge in [-0.15, -0.1) is 0 Å². The van der Waals surface area contributed by atoms with Gasteiger partial charge in [-0.2, -0.15) is 4.57 Å². The fourth-order valence-electron chi connectivity index (χ4n) is 5.06. The summed E-state index contributed by atoms with van der Waals surface area (Å²) in [5, 5.41) is 21.1. The molecule has 3 aromatic carbocycles. The van der Waals surface area contributed by atoms with E-state index in [1.54, 1.807) is 30.3 Å². The smallest absolute Gasteiger partial charge is 0.337 e. The number of rotatable bonds is 6. The number of carbonyl (C=O) groups is 4. The molecule has 0 bridgehead atoms. The second-order valence-corrected chi connectivity index (χ2v) is 8.87. The number of pyridine rings is 1. The molecule has 1 aliphatic rings. The minimum Gasteiger partial charge on any atom is -0.480 e. The van der Waals surface area contributed by atoms with Gasteiger partial charge >= 0.3 is 11.9 Å². The molecular formula is C28H23N2O6+. The molecule has 2 heterocycles. The minimum atomic E-state index is -1.26. The van der Waals surface area contributed by atoms with Crippen molar-refractivity contribution in [2.24, 2.45) is 7.05 Å². The van der Waals surface area contributed by atoms with Crippen molar-refractivity contribution < 1.29 is 34.0 Å². The number of fused-ring (bicyclic) bond motifs is 2. The van der Waals surface area contributed by atoms with E-state index >= 15 is 0 Å². The summed E-state index contributed by atoms with van der Waals surface area (Å²) in [6, 6.07) is 18.8. The van der Waals surface area contributed by atoms with E-state index in [2.05, 4.69) is 0 Å². The van der Waals surface area contributed by atoms with Crippen LogP contribution in [0.4, 0.5) is 0 Å². The molecule has 1 fully saturated rings. The number of likely N-dealkylation sites (tertiary alicyclic amines) is 1. The molecule has 0 radical (unpaired) electrons. The maximum atomic E-state index is 12.4. The Balaban J connectivity index is 1.59. The third kappa shape index (κ3) is 3.76. The lowest BCUT2D eigenvalue weighted by Gasteiger charge is -2.22. The number of hydrogen-bond acceptors (Lipinski definition) is 4. The van der Waals surface area contributed by atoms with Crippen LogP contribution in [0.2, 0.25) is 0 Å². The molecule has 0 spiro atoms. The number of carboxylic acids is 2. The van der Waals surface area contributed by atoms with Crippen LogP contribution in [0.3, 0.4) is 0 Å². The average molecular weight is 484 g/mol. The predicted molar refractivity (Wildman–Crippen MR) is 131 cm³/mol. The number of carboxylic acid groups (broad SMARTS) is 2. The van der Waals surface area contributed by atoms with Gasteiger partial charge in [-0.05, 0) is 22.8 Å². The van der Waals surface area contributed by atoms with Crippen LogP contribution < -0.4 is 4.57 Å². The fourth-order valence-corrected chi connectivity index (χ4v) is 5.06. The van der Waals surface area contributed by atoms with Crippen molar-refractivity contribution in [1.29, 1.82) is 0 Å². The molecule has 36 heavy (non-hydrogen) atoms. The van der Waals surface area contributed by atoms with Crippen molar-refractivity contribution in [3.05, 3.63) is 77.9 Å². The molecule has 2 amide bonds. The fraction of sp³-hybridized carbons (Fsp3) is 0.179. The van der Waals surface area contributed by atoms with Crippen LogP contribution in [0, 0.1) is 0 Å². The molecule has 1 atom stereocenters. The van der Waals surface area contributed by atoms with Gasteiger partial charge in [0.1, 0.15) is 13.1 Å². The van der Waals surface area contributed by atoms with Gasteiger partial charge in [-0.1, -0.05) is 48.5 Å². The van der Waals surface area contributed by atoms with E-state index in [0.29, 0.717) is 16.3 Å². The number of carbonyl (C=O) groups excluding carboxylic acids is 2. The average Bonchev–Trinajstić information content (AvgIpc) is 3.20. The van der Waals surface area contributed by atoms with Crippen molar-refractivity contribution in [2.75, 3.05) is 0 Å². The zero-order valence-corrected chi connectivity index (χ0v) is 19.5. The summed E-state index contributed by atoms with van der Waals surface area (Å²) in [6.07, 6.45) is 0.0455. The third-order valence-electron chi connectivity index (χ3n) is 6.78. The number of aromatic carboxylic acids is 1. The molecule has 5 rings (SSSR count). The van der Waals surface area contributed by atoms with E-state index in [4.69, 9.17) is 0 Å². The van der Waals surface area contributed by atoms with Gasteiger partial charge in [0.15, 0.2) is 0 Å². The normalized spacial score (nSPS) is 14.5. The number of imide groups is 1. The SMILES string of the molecule is C[n+]1c2ccccc2c(C(=O)O)c2c(-c3ccc(CC(C(=O)O)N4C(=O)CCC4=O)cc3)cccc21. The molecule has 180 valence electrons. The summed E-state index contributed by atoms with van der Waals surface area (Å²) < 4.78 is 1.97. The molecule has 4 aromatic rings. The topological polar surface area (TPSA) is 116 Å². The first-order chi connectivity index (χ1) is 17.3. The number of aryl methyl sites for hydroxylation is 1. The van der Waals surface area contributed by atoms with Crippen LogP contribution in [-0.2, 0) is 27.9 Å². The van der Waals surface area contributed by atoms with E-state index in [1.807, 2.05) is 48.0 Å². The summed E-state index contributed by atoms with van der Waals surface area (Å²) in [4.78, 5) is 49.3. The van der Waals surface area contributed by atoms with Crippen molar-refractivity contribution in [1.82, 2.24) is 4.90 Å². The number of aliphatic carboxylic acids is 1. The highest BCUT2D eigenvalue weighted by Gasteiger charge is 2.38. The molecule has 0 aliphatic carbocycles. The third-order valence-corrected chi connectivity index (χ3v) is 6.78. The first kappa shape index (κ1) is 23.2. The second-order valence-electron chi connectivity index (χ2n) is 8.87. The maximum absolute atomic E-state index is 12.4. The van der Waals surface area contributed by atoms with E-state index in [-0.39, 0.29) is 24.8 Å². The van der Waals surface area contributed by atoms with E-state index < -0.39 is 29.8 Å². The Morgan fingerprint density at radius 2 is 1.53 bits per heavy atom. The highest BCUT2D eigenvalue weighted by Crippen LogP contribution is 2.34. The van der Waals surface area contributed by atoms with Gasteiger partial charge in [-0.3, -0.25) is 14.5 Å². The number of amides is 2. The molecule has 8 heteroatoms. The first-order valence-corrected chi connectivity index (χ1v) is 11.5. The molecule has 1 aromatic heterocycles. The van der Waals surface area contributed by atoms with Crippen molar-refractivity contribution in [3.63, 3.8) is 0 Å². The zero-order valence-electron chi connectivity index (χ0n) is 19.5. The Morgan fingerprint density at radius 3 is 2.17 bits per heavy atom. The Morgan fingerprint density at radius 1 is 0.889 bits per heavy atom. The highest BCUT2D eigenvalue weighted by atomic mass is 16.4. The van der Waals surface area contributed by atoms with E-state index in [0.717, 1.165) is 27.1 Å². The van der Waals surface area contributed by atoms with Crippen LogP contribution in [0.1, 0.15) is 28.8 Å². The quantitative estimate of drug-likeness (QED) is 0.247. The molecular weight excluding hydrogens is 460 g/mol. The maximum Gasteiger partial charge on any atom is 0.337 e. The Hall–Kier alpha value is -4.59. The van der Waals surface area contributed by atoms with Crippen molar-refractivity contribution >= 4 is 45.6 Å². The van der Waals surface area contributed by atoms with Gasteiger partial charge in [0.25, 0.3) is 0 Å². The molecule has 0 saturated carbocycles. The van der Waals surface area contributed by atoms with Crippen LogP contribution in [0.25, 0.3) is 32.9 Å². The summed E-state index contributed by atoms with van der Waals surface area (Å²) in [5.41, 5.74) is 3.94. The Bertz CT molecular complexity index is 1560. The van der Waals surface area contributed by atoms with Gasteiger partial charge < -0.3 is 10.2 Å². The summed E-state index contributed by atoms with van der Waals surface area (Å²) in [6.45, 7) is 0. The number of aromatic nitrogens is 1. The van der Waals surface area contributed by atoms with Crippen LogP contribution in [0.5, 0.6) is 0 Å². The predicted octanol–water partition coefficient (Wildman–Crippen LogP) is 3.33. The summed E-state index contributed by atoms with van der Waals surface area (Å²) in [5.74, 6) is -3.20. The summed E-state index contributed by atoms with van der Waals surface area (Å²) in [7, 11) is 1.90. The van der Waals surface area contributed by atoms with Gasteiger partial charge in [0.2, 0.25) is 22.8 Å². The van der Waals surface area contributed by atoms with Crippen molar-refractivity contribution in [2.45, 2.75) is 25.3 Å².